The van der Waals surface area contributed by atoms with Crippen LogP contribution in [0.25, 0.3) is 0 Å². The van der Waals surface area contributed by atoms with Crippen LogP contribution in [-0.4, -0.2) is 54.6 Å². The molecular weight excluding hydrogens is 356 g/mol. The maximum Gasteiger partial charge on any atom is 0.418 e. The molecule has 2 aliphatic heterocycles. The number of hydrogen-bond donors (Lipinski definition) is 3. The molecule has 25 heavy (non-hydrogen) atoms. The molecule has 1 aromatic carbocycles. The van der Waals surface area contributed by atoms with Crippen LogP contribution in [0, 0.1) is 0 Å². The van der Waals surface area contributed by atoms with Crippen molar-refractivity contribution in [2.45, 2.75) is 12.1 Å². The Morgan fingerprint density at radius 2 is 2.08 bits per heavy atom. The quantitative estimate of drug-likeness (QED) is 0.539. The number of ether oxygens (including phenoxy) is 1. The molecule has 3 amide bonds. The van der Waals surface area contributed by atoms with Crippen LogP contribution < -0.4 is 16.2 Å². The Labute approximate surface area is 143 Å². The zero-order valence-electron chi connectivity index (χ0n) is 12.9. The number of carbonyl (C=O) groups excluding carboxylic acids is 2. The number of benzene rings is 1. The van der Waals surface area contributed by atoms with E-state index in [1.807, 2.05) is 0 Å². The van der Waals surface area contributed by atoms with Crippen LogP contribution >= 0.6 is 0 Å². The fourth-order valence-corrected chi connectivity index (χ4v) is 3.43. The SMILES string of the molecule is NCCOc1ccc2c(c1)[C@H]1CN(C(=O)N1OS(=O)(=O)O)[C@H]2C(N)=O. The molecule has 2 aliphatic rings. The van der Waals surface area contributed by atoms with Gasteiger partial charge >= 0.3 is 16.4 Å². The van der Waals surface area contributed by atoms with E-state index in [-0.39, 0.29) is 19.7 Å². The molecule has 0 aliphatic carbocycles. The molecule has 2 heterocycles. The molecule has 1 saturated heterocycles. The second kappa shape index (κ2) is 6.15. The molecule has 0 unspecified atom stereocenters. The lowest BCUT2D eigenvalue weighted by Crippen LogP contribution is -2.41. The zero-order valence-corrected chi connectivity index (χ0v) is 13.7. The number of carbonyl (C=O) groups is 2. The highest BCUT2D eigenvalue weighted by molar-refractivity contribution is 7.80. The minimum absolute atomic E-state index is 0.0324. The Morgan fingerprint density at radius 3 is 2.68 bits per heavy atom. The smallest absolute Gasteiger partial charge is 0.418 e. The first-order valence-electron chi connectivity index (χ1n) is 7.26. The summed E-state index contributed by atoms with van der Waals surface area (Å²) in [5.74, 6) is -0.357. The first-order chi connectivity index (χ1) is 11.7. The summed E-state index contributed by atoms with van der Waals surface area (Å²) in [6, 6.07) is 1.88. The molecule has 0 saturated carbocycles. The van der Waals surface area contributed by atoms with E-state index in [1.165, 1.54) is 0 Å². The number of urea groups is 1. The van der Waals surface area contributed by atoms with Gasteiger partial charge in [0, 0.05) is 6.54 Å². The van der Waals surface area contributed by atoms with Crippen molar-refractivity contribution in [3.05, 3.63) is 29.3 Å². The number of fused-ring (bicyclic) bond motifs is 4. The van der Waals surface area contributed by atoms with Gasteiger partial charge in [-0.15, -0.1) is 4.28 Å². The van der Waals surface area contributed by atoms with Gasteiger partial charge < -0.3 is 21.1 Å². The monoisotopic (exact) mass is 372 g/mol. The first kappa shape index (κ1) is 17.4. The van der Waals surface area contributed by atoms with Crippen molar-refractivity contribution in [3.8, 4) is 5.75 Å². The van der Waals surface area contributed by atoms with Crippen molar-refractivity contribution in [2.75, 3.05) is 19.7 Å². The molecule has 11 nitrogen and oxygen atoms in total. The number of amides is 3. The summed E-state index contributed by atoms with van der Waals surface area (Å²) in [6.07, 6.45) is 0. The molecular formula is C13H16N4O7S. The fraction of sp³-hybridized carbons (Fsp3) is 0.385. The number of hydroxylamine groups is 2. The number of nitrogens with zero attached hydrogens (tertiary/aromatic N) is 2. The van der Waals surface area contributed by atoms with Crippen molar-refractivity contribution < 1.29 is 31.6 Å². The van der Waals surface area contributed by atoms with Gasteiger partial charge in [-0.25, -0.2) is 4.79 Å². The Hall–Kier alpha value is -2.41. The van der Waals surface area contributed by atoms with Crippen LogP contribution in [0.4, 0.5) is 4.79 Å². The maximum absolute atomic E-state index is 12.4. The summed E-state index contributed by atoms with van der Waals surface area (Å²) in [6.45, 7) is 0.503. The van der Waals surface area contributed by atoms with Gasteiger partial charge in [0.15, 0.2) is 0 Å². The van der Waals surface area contributed by atoms with E-state index in [9.17, 15) is 18.0 Å². The van der Waals surface area contributed by atoms with Crippen molar-refractivity contribution in [2.24, 2.45) is 11.5 Å². The molecule has 136 valence electrons. The largest absolute Gasteiger partial charge is 0.492 e. The third-order valence-electron chi connectivity index (χ3n) is 3.94. The molecule has 12 heteroatoms. The molecule has 0 radical (unpaired) electrons. The normalized spacial score (nSPS) is 22.1. The summed E-state index contributed by atoms with van der Waals surface area (Å²) in [4.78, 5) is 25.3. The van der Waals surface area contributed by atoms with Crippen molar-refractivity contribution >= 4 is 22.3 Å². The molecule has 1 fully saturated rings. The van der Waals surface area contributed by atoms with Crippen LogP contribution in [0.2, 0.25) is 0 Å². The molecule has 0 aromatic heterocycles. The Kier molecular flexibility index (Phi) is 4.28. The van der Waals surface area contributed by atoms with Gasteiger partial charge in [0.1, 0.15) is 24.4 Å². The van der Waals surface area contributed by atoms with E-state index in [4.69, 9.17) is 20.8 Å². The fourth-order valence-electron chi connectivity index (χ4n) is 3.06. The van der Waals surface area contributed by atoms with Crippen LogP contribution in [-0.2, 0) is 19.5 Å². The van der Waals surface area contributed by atoms with E-state index in [2.05, 4.69) is 4.28 Å². The average molecular weight is 372 g/mol. The average Bonchev–Trinajstić information content (AvgIpc) is 2.78. The number of rotatable bonds is 6. The van der Waals surface area contributed by atoms with Crippen LogP contribution in [0.3, 0.4) is 0 Å². The molecule has 2 atom stereocenters. The van der Waals surface area contributed by atoms with Crippen LogP contribution in [0.5, 0.6) is 5.75 Å². The lowest BCUT2D eigenvalue weighted by molar-refractivity contribution is -0.122. The summed E-state index contributed by atoms with van der Waals surface area (Å²) in [5.41, 5.74) is 11.7. The van der Waals surface area contributed by atoms with Gasteiger partial charge in [0.25, 0.3) is 0 Å². The molecule has 2 bridgehead atoms. The maximum atomic E-state index is 12.4. The van der Waals surface area contributed by atoms with E-state index in [0.29, 0.717) is 21.9 Å². The highest BCUT2D eigenvalue weighted by atomic mass is 32.3. The molecule has 3 rings (SSSR count). The Bertz CT molecular complexity index is 828. The Morgan fingerprint density at radius 1 is 1.36 bits per heavy atom. The van der Waals surface area contributed by atoms with Crippen LogP contribution in [0.15, 0.2) is 18.2 Å². The second-order valence-electron chi connectivity index (χ2n) is 5.51. The lowest BCUT2D eigenvalue weighted by atomic mass is 9.90. The van der Waals surface area contributed by atoms with E-state index < -0.39 is 34.4 Å². The van der Waals surface area contributed by atoms with Gasteiger partial charge in [0.05, 0.1) is 6.54 Å². The van der Waals surface area contributed by atoms with Gasteiger partial charge in [0.2, 0.25) is 5.91 Å². The minimum Gasteiger partial charge on any atom is -0.492 e. The summed E-state index contributed by atoms with van der Waals surface area (Å²) in [7, 11) is -4.93. The predicted molar refractivity (Wildman–Crippen MR) is 82.2 cm³/mol. The van der Waals surface area contributed by atoms with E-state index >= 15 is 0 Å². The van der Waals surface area contributed by atoms with Crippen molar-refractivity contribution in [1.29, 1.82) is 0 Å². The van der Waals surface area contributed by atoms with Crippen molar-refractivity contribution in [1.82, 2.24) is 9.96 Å². The minimum atomic E-state index is -4.93. The molecule has 1 aromatic rings. The van der Waals surface area contributed by atoms with Gasteiger partial charge in [-0.1, -0.05) is 6.07 Å². The third-order valence-corrected chi connectivity index (χ3v) is 4.29. The summed E-state index contributed by atoms with van der Waals surface area (Å²) < 4.78 is 40.8. The van der Waals surface area contributed by atoms with E-state index in [0.717, 1.165) is 4.90 Å². The van der Waals surface area contributed by atoms with Gasteiger partial charge in [-0.2, -0.15) is 13.5 Å². The highest BCUT2D eigenvalue weighted by Crippen LogP contribution is 2.45. The van der Waals surface area contributed by atoms with E-state index in [1.54, 1.807) is 18.2 Å². The summed E-state index contributed by atoms with van der Waals surface area (Å²) in [5, 5.41) is 0.504. The lowest BCUT2D eigenvalue weighted by Gasteiger charge is -2.30. The number of primary amides is 1. The van der Waals surface area contributed by atoms with Crippen LogP contribution in [0.1, 0.15) is 23.2 Å². The Balaban J connectivity index is 2.07. The number of nitrogens with two attached hydrogens (primary N) is 2. The highest BCUT2D eigenvalue weighted by Gasteiger charge is 2.51. The first-order valence-corrected chi connectivity index (χ1v) is 8.62. The third kappa shape index (κ3) is 3.11. The van der Waals surface area contributed by atoms with Crippen molar-refractivity contribution in [3.63, 3.8) is 0 Å². The molecule has 0 spiro atoms. The number of hydrogen-bond acceptors (Lipinski definition) is 7. The van der Waals surface area contributed by atoms with Gasteiger partial charge in [-0.05, 0) is 23.3 Å². The standard InChI is InChI=1S/C13H16N4O7S/c14-3-4-23-7-1-2-8-9(5-7)10-6-16(11(8)12(15)18)13(19)17(10)24-25(20,21)22/h1-2,5,10-11H,3-4,6,14H2,(H2,15,18)(H,20,21,22)/t10-,11-/m1/s1. The summed E-state index contributed by atoms with van der Waals surface area (Å²) >= 11 is 0. The topological polar surface area (TPSA) is 165 Å². The predicted octanol–water partition coefficient (Wildman–Crippen LogP) is -0.923. The second-order valence-corrected chi connectivity index (χ2v) is 6.52. The zero-order chi connectivity index (χ0) is 18.4. The van der Waals surface area contributed by atoms with Gasteiger partial charge in [-0.3, -0.25) is 9.35 Å². The molecule has 5 N–H and O–H groups in total.